The Morgan fingerprint density at radius 3 is 2.50 bits per heavy atom. The highest BCUT2D eigenvalue weighted by Crippen LogP contribution is 2.40. The van der Waals surface area contributed by atoms with Crippen LogP contribution < -0.4 is 5.32 Å². The van der Waals surface area contributed by atoms with Gasteiger partial charge < -0.3 is 14.7 Å². The van der Waals surface area contributed by atoms with E-state index in [0.29, 0.717) is 31.0 Å². The number of amides is 1. The Morgan fingerprint density at radius 1 is 1.12 bits per heavy atom. The number of sulfonamides is 1. The fourth-order valence-electron chi connectivity index (χ4n) is 5.38. The number of piperidine rings is 1. The minimum atomic E-state index is -3.35. The minimum Gasteiger partial charge on any atom is -0.360 e. The minimum absolute atomic E-state index is 0.0360. The third-order valence-electron chi connectivity index (χ3n) is 7.42. The van der Waals surface area contributed by atoms with Crippen molar-refractivity contribution < 1.29 is 17.7 Å². The van der Waals surface area contributed by atoms with Crippen LogP contribution in [0.5, 0.6) is 0 Å². The highest BCUT2D eigenvalue weighted by atomic mass is 32.2. The number of rotatable bonds is 10. The molecule has 1 aliphatic carbocycles. The zero-order chi connectivity index (χ0) is 23.7. The second kappa shape index (κ2) is 9.79. The molecule has 8 nitrogen and oxygen atoms in total. The van der Waals surface area contributed by atoms with Crippen molar-refractivity contribution in [3.63, 3.8) is 0 Å². The highest BCUT2D eigenvalue weighted by Gasteiger charge is 2.46. The molecule has 9 heteroatoms. The summed E-state index contributed by atoms with van der Waals surface area (Å²) in [5.74, 6) is 1.11. The fourth-order valence-corrected chi connectivity index (χ4v) is 7.42. The van der Waals surface area contributed by atoms with Crippen molar-refractivity contribution >= 4 is 15.9 Å². The summed E-state index contributed by atoms with van der Waals surface area (Å²) in [6.45, 7) is 1.34. The van der Waals surface area contributed by atoms with Crippen molar-refractivity contribution in [3.8, 4) is 0 Å². The monoisotopic (exact) mass is 486 g/mol. The van der Waals surface area contributed by atoms with Crippen molar-refractivity contribution in [2.24, 2.45) is 0 Å². The van der Waals surface area contributed by atoms with Gasteiger partial charge in [-0.3, -0.25) is 4.79 Å². The number of hydrogen-bond donors (Lipinski definition) is 1. The lowest BCUT2D eigenvalue weighted by Crippen LogP contribution is -2.53. The quantitative estimate of drug-likeness (QED) is 0.555. The lowest BCUT2D eigenvalue weighted by molar-refractivity contribution is 0.0900. The average Bonchev–Trinajstić information content (AvgIpc) is 3.48. The van der Waals surface area contributed by atoms with Crippen LogP contribution in [-0.2, 0) is 16.4 Å². The van der Waals surface area contributed by atoms with E-state index in [1.165, 1.54) is 5.56 Å². The van der Waals surface area contributed by atoms with Gasteiger partial charge in [-0.2, -0.15) is 4.31 Å². The maximum atomic E-state index is 13.2. The molecule has 1 unspecified atom stereocenters. The van der Waals surface area contributed by atoms with Gasteiger partial charge in [0.05, 0.1) is 5.75 Å². The zero-order valence-corrected chi connectivity index (χ0v) is 20.5. The van der Waals surface area contributed by atoms with Crippen LogP contribution in [0.1, 0.15) is 66.3 Å². The molecule has 1 aromatic heterocycles. The second-order valence-corrected chi connectivity index (χ2v) is 12.1. The smallest absolute Gasteiger partial charge is 0.273 e. The Bertz CT molecular complexity index is 1090. The maximum Gasteiger partial charge on any atom is 0.273 e. The highest BCUT2D eigenvalue weighted by molar-refractivity contribution is 7.89. The number of carbonyl (C=O) groups is 1. The van der Waals surface area contributed by atoms with Crippen LogP contribution in [0.3, 0.4) is 0 Å². The summed E-state index contributed by atoms with van der Waals surface area (Å²) < 4.78 is 33.5. The van der Waals surface area contributed by atoms with Crippen LogP contribution in [0.25, 0.3) is 0 Å². The molecule has 2 aliphatic heterocycles. The van der Waals surface area contributed by atoms with Gasteiger partial charge in [0.1, 0.15) is 5.76 Å². The molecule has 3 fully saturated rings. The molecule has 184 valence electrons. The number of benzene rings is 1. The van der Waals surface area contributed by atoms with E-state index in [1.807, 2.05) is 25.2 Å². The number of carbonyl (C=O) groups excluding carboxylic acids is 1. The number of nitrogens with one attached hydrogen (secondary N) is 1. The van der Waals surface area contributed by atoms with Crippen molar-refractivity contribution in [3.05, 3.63) is 53.4 Å². The SMILES string of the molecule is CN(CCc1ccccc1)CCS(=O)(=O)N1[C@@H]2CC[C@H]1CC(NC(=O)c1cc(C3CC3)on1)C2. The van der Waals surface area contributed by atoms with Crippen molar-refractivity contribution in [1.29, 1.82) is 0 Å². The first-order chi connectivity index (χ1) is 16.4. The third kappa shape index (κ3) is 5.37. The van der Waals surface area contributed by atoms with E-state index in [9.17, 15) is 13.2 Å². The van der Waals surface area contributed by atoms with Crippen LogP contribution in [0, 0.1) is 0 Å². The molecule has 1 saturated carbocycles. The number of fused-ring (bicyclic) bond motifs is 2. The van der Waals surface area contributed by atoms with Crippen molar-refractivity contribution in [2.75, 3.05) is 25.9 Å². The summed E-state index contributed by atoms with van der Waals surface area (Å²) in [4.78, 5) is 14.7. The molecule has 1 N–H and O–H groups in total. The number of nitrogens with zero attached hydrogens (tertiary/aromatic N) is 3. The summed E-state index contributed by atoms with van der Waals surface area (Å²) in [6.07, 6.45) is 6.11. The molecule has 1 aromatic carbocycles. The van der Waals surface area contributed by atoms with Gasteiger partial charge in [-0.05, 0) is 57.6 Å². The van der Waals surface area contributed by atoms with Gasteiger partial charge in [0.25, 0.3) is 5.91 Å². The molecular weight excluding hydrogens is 452 g/mol. The molecule has 3 atom stereocenters. The number of likely N-dealkylation sites (N-methyl/N-ethyl adjacent to an activating group) is 1. The molecule has 3 aliphatic rings. The summed E-state index contributed by atoms with van der Waals surface area (Å²) in [7, 11) is -1.37. The molecule has 5 rings (SSSR count). The van der Waals surface area contributed by atoms with Gasteiger partial charge in [-0.15, -0.1) is 0 Å². The van der Waals surface area contributed by atoms with Gasteiger partial charge in [-0.25, -0.2) is 8.42 Å². The lowest BCUT2D eigenvalue weighted by Gasteiger charge is -2.38. The predicted molar refractivity (Wildman–Crippen MR) is 129 cm³/mol. The fraction of sp³-hybridized carbons (Fsp3) is 0.600. The Labute approximate surface area is 201 Å². The Balaban J connectivity index is 1.12. The maximum absolute atomic E-state index is 13.2. The Kier molecular flexibility index (Phi) is 6.77. The molecule has 1 amide bonds. The van der Waals surface area contributed by atoms with E-state index in [4.69, 9.17) is 4.52 Å². The summed E-state index contributed by atoms with van der Waals surface area (Å²) in [5.41, 5.74) is 1.58. The molecule has 2 aromatic rings. The first kappa shape index (κ1) is 23.5. The third-order valence-corrected chi connectivity index (χ3v) is 9.36. The van der Waals surface area contributed by atoms with E-state index >= 15 is 0 Å². The standard InChI is InChI=1S/C25H34N4O4S/c1-28(12-11-18-5-3-2-4-6-18)13-14-34(31,32)29-21-9-10-22(29)16-20(15-21)26-25(30)23-17-24(33-27-23)19-7-8-19/h2-6,17,19-22H,7-16H2,1H3,(H,26,30)/t20?,21-,22+. The van der Waals surface area contributed by atoms with Crippen molar-refractivity contribution in [2.45, 2.75) is 69.0 Å². The molecule has 0 spiro atoms. The van der Waals surface area contributed by atoms with Crippen LogP contribution >= 0.6 is 0 Å². The van der Waals surface area contributed by atoms with Crippen molar-refractivity contribution in [1.82, 2.24) is 19.7 Å². The van der Waals surface area contributed by atoms with E-state index in [-0.39, 0.29) is 29.8 Å². The molecule has 2 bridgehead atoms. The van der Waals surface area contributed by atoms with E-state index in [0.717, 1.165) is 44.4 Å². The van der Waals surface area contributed by atoms with Gasteiger partial charge >= 0.3 is 0 Å². The van der Waals surface area contributed by atoms with Gasteiger partial charge in [0.15, 0.2) is 5.69 Å². The topological polar surface area (TPSA) is 95.8 Å². The molecule has 3 heterocycles. The van der Waals surface area contributed by atoms with Gasteiger partial charge in [0.2, 0.25) is 10.0 Å². The summed E-state index contributed by atoms with van der Waals surface area (Å²) in [6, 6.07) is 11.9. The predicted octanol–water partition coefficient (Wildman–Crippen LogP) is 2.78. The normalized spacial score (nSPS) is 25.1. The van der Waals surface area contributed by atoms with Crippen LogP contribution in [-0.4, -0.2) is 72.7 Å². The second-order valence-electron chi connectivity index (χ2n) is 10.1. The Hall–Kier alpha value is -2.23. The molecule has 34 heavy (non-hydrogen) atoms. The van der Waals surface area contributed by atoms with Gasteiger partial charge in [0, 0.05) is 43.2 Å². The van der Waals surface area contributed by atoms with Crippen LogP contribution in [0.4, 0.5) is 0 Å². The van der Waals surface area contributed by atoms with Crippen LogP contribution in [0.2, 0.25) is 0 Å². The lowest BCUT2D eigenvalue weighted by atomic mass is 9.99. The zero-order valence-electron chi connectivity index (χ0n) is 19.7. The van der Waals surface area contributed by atoms with E-state index in [2.05, 4.69) is 27.5 Å². The van der Waals surface area contributed by atoms with Gasteiger partial charge in [-0.1, -0.05) is 35.5 Å². The Morgan fingerprint density at radius 2 is 1.82 bits per heavy atom. The molecule has 0 radical (unpaired) electrons. The van der Waals surface area contributed by atoms with E-state index < -0.39 is 10.0 Å². The molecular formula is C25H34N4O4S. The van der Waals surface area contributed by atoms with Crippen LogP contribution in [0.15, 0.2) is 40.9 Å². The first-order valence-electron chi connectivity index (χ1n) is 12.4. The number of hydrogen-bond acceptors (Lipinski definition) is 6. The number of aromatic nitrogens is 1. The summed E-state index contributed by atoms with van der Waals surface area (Å²) >= 11 is 0. The van der Waals surface area contributed by atoms with E-state index in [1.54, 1.807) is 10.4 Å². The first-order valence-corrected chi connectivity index (χ1v) is 14.0. The molecule has 2 saturated heterocycles. The summed E-state index contributed by atoms with van der Waals surface area (Å²) in [5, 5.41) is 7.00. The largest absolute Gasteiger partial charge is 0.360 e. The average molecular weight is 487 g/mol.